The van der Waals surface area contributed by atoms with E-state index in [4.69, 9.17) is 24.4 Å². The molecular weight excluding hydrogens is 412 g/mol. The van der Waals surface area contributed by atoms with Crippen LogP contribution in [0.25, 0.3) is 22.4 Å². The Hall–Kier alpha value is -3.46. The van der Waals surface area contributed by atoms with Gasteiger partial charge in [-0.05, 0) is 31.0 Å². The van der Waals surface area contributed by atoms with Crippen molar-refractivity contribution in [1.82, 2.24) is 10.3 Å². The minimum absolute atomic E-state index is 0.0257. The Labute approximate surface area is 186 Å². The monoisotopic (exact) mass is 440 g/mol. The van der Waals surface area contributed by atoms with Crippen molar-refractivity contribution in [2.45, 2.75) is 37.8 Å². The fraction of sp³-hybridized carbons (Fsp3) is 0.391. The van der Waals surface area contributed by atoms with Crippen LogP contribution in [0, 0.1) is 0 Å². The normalized spacial score (nSPS) is 18.2. The lowest BCUT2D eigenvalue weighted by Crippen LogP contribution is -2.50. The van der Waals surface area contributed by atoms with E-state index in [2.05, 4.69) is 15.6 Å². The highest BCUT2D eigenvalue weighted by molar-refractivity contribution is 5.98. The van der Waals surface area contributed by atoms with Crippen molar-refractivity contribution in [2.24, 2.45) is 5.73 Å². The lowest BCUT2D eigenvalue weighted by atomic mass is 9.91. The number of amides is 2. The maximum atomic E-state index is 12.6. The molecule has 2 unspecified atom stereocenters. The summed E-state index contributed by atoms with van der Waals surface area (Å²) in [4.78, 5) is 17.0. The third kappa shape index (κ3) is 4.29. The van der Waals surface area contributed by atoms with Crippen LogP contribution in [0.1, 0.15) is 25.7 Å². The molecule has 2 heterocycles. The van der Waals surface area contributed by atoms with E-state index >= 15 is 0 Å². The van der Waals surface area contributed by atoms with E-state index < -0.39 is 0 Å². The van der Waals surface area contributed by atoms with Gasteiger partial charge in [-0.2, -0.15) is 0 Å². The number of hydrogen-bond acceptors (Lipinski definition) is 7. The Morgan fingerprint density at radius 3 is 2.47 bits per heavy atom. The van der Waals surface area contributed by atoms with Crippen molar-refractivity contribution in [3.8, 4) is 28.6 Å². The minimum Gasteiger partial charge on any atom is -0.493 e. The summed E-state index contributed by atoms with van der Waals surface area (Å²) in [7, 11) is 4.66. The molecule has 3 aromatic rings. The van der Waals surface area contributed by atoms with Crippen LogP contribution in [0.4, 0.5) is 10.5 Å². The number of benzene rings is 1. The molecule has 9 nitrogen and oxygen atoms in total. The Balaban J connectivity index is 1.62. The molecule has 1 aliphatic carbocycles. The van der Waals surface area contributed by atoms with Crippen molar-refractivity contribution in [2.75, 3.05) is 26.6 Å². The SMILES string of the molecule is COc1cc(-c2cc3nccc(NC(=O)NC4CCCCC4N)c3o2)cc(OC)c1OC. The number of carbonyl (C=O) groups excluding carboxylic acids is 1. The number of furan rings is 1. The van der Waals surface area contributed by atoms with E-state index in [9.17, 15) is 4.79 Å². The summed E-state index contributed by atoms with van der Waals surface area (Å²) in [6.07, 6.45) is 5.59. The molecule has 0 saturated heterocycles. The van der Waals surface area contributed by atoms with Crippen molar-refractivity contribution in [3.63, 3.8) is 0 Å². The summed E-state index contributed by atoms with van der Waals surface area (Å²) >= 11 is 0. The van der Waals surface area contributed by atoms with Crippen molar-refractivity contribution in [1.29, 1.82) is 0 Å². The van der Waals surface area contributed by atoms with Gasteiger partial charge in [0, 0.05) is 29.9 Å². The number of methoxy groups -OCH3 is 3. The molecule has 4 rings (SSSR count). The number of ether oxygens (including phenoxy) is 3. The number of aromatic nitrogens is 1. The van der Waals surface area contributed by atoms with Crippen LogP contribution in [0.3, 0.4) is 0 Å². The van der Waals surface area contributed by atoms with Crippen LogP contribution in [-0.4, -0.2) is 44.4 Å². The summed E-state index contributed by atoms with van der Waals surface area (Å²) < 4.78 is 22.3. The number of nitrogens with one attached hydrogen (secondary N) is 2. The van der Waals surface area contributed by atoms with E-state index in [1.54, 1.807) is 51.8 Å². The summed E-state index contributed by atoms with van der Waals surface area (Å²) in [5, 5.41) is 5.85. The van der Waals surface area contributed by atoms with Gasteiger partial charge in [-0.15, -0.1) is 0 Å². The van der Waals surface area contributed by atoms with E-state index in [0.717, 1.165) is 31.2 Å². The lowest BCUT2D eigenvalue weighted by Gasteiger charge is -2.29. The molecular formula is C23H28N4O5. The van der Waals surface area contributed by atoms with E-state index in [0.29, 0.717) is 39.8 Å². The molecule has 0 radical (unpaired) electrons. The molecule has 2 aromatic heterocycles. The Bertz CT molecular complexity index is 1090. The van der Waals surface area contributed by atoms with Gasteiger partial charge in [-0.25, -0.2) is 4.79 Å². The lowest BCUT2D eigenvalue weighted by molar-refractivity contribution is 0.240. The number of urea groups is 1. The van der Waals surface area contributed by atoms with Crippen molar-refractivity contribution in [3.05, 3.63) is 30.5 Å². The molecule has 1 saturated carbocycles. The molecule has 9 heteroatoms. The number of nitrogens with two attached hydrogens (primary N) is 1. The van der Waals surface area contributed by atoms with Crippen LogP contribution in [0.5, 0.6) is 17.2 Å². The highest BCUT2D eigenvalue weighted by Gasteiger charge is 2.24. The maximum absolute atomic E-state index is 12.6. The summed E-state index contributed by atoms with van der Waals surface area (Å²) in [5.41, 5.74) is 8.48. The van der Waals surface area contributed by atoms with Crippen LogP contribution in [0.15, 0.2) is 34.9 Å². The topological polar surface area (TPSA) is 121 Å². The molecule has 1 aromatic carbocycles. The molecule has 4 N–H and O–H groups in total. The third-order valence-electron chi connectivity index (χ3n) is 5.75. The number of rotatable bonds is 6. The summed E-state index contributed by atoms with van der Waals surface area (Å²) in [6, 6.07) is 6.72. The molecule has 1 aliphatic rings. The Morgan fingerprint density at radius 1 is 1.09 bits per heavy atom. The number of nitrogens with zero attached hydrogens (tertiary/aromatic N) is 1. The molecule has 170 valence electrons. The molecule has 0 aliphatic heterocycles. The minimum atomic E-state index is -0.314. The first-order valence-electron chi connectivity index (χ1n) is 10.6. The largest absolute Gasteiger partial charge is 0.493 e. The third-order valence-corrected chi connectivity index (χ3v) is 5.75. The fourth-order valence-electron chi connectivity index (χ4n) is 4.07. The first-order valence-corrected chi connectivity index (χ1v) is 10.6. The van der Waals surface area contributed by atoms with Crippen molar-refractivity contribution < 1.29 is 23.4 Å². The number of fused-ring (bicyclic) bond motifs is 1. The van der Waals surface area contributed by atoms with Crippen LogP contribution in [0.2, 0.25) is 0 Å². The molecule has 0 spiro atoms. The molecule has 32 heavy (non-hydrogen) atoms. The zero-order chi connectivity index (χ0) is 22.7. The zero-order valence-electron chi connectivity index (χ0n) is 18.4. The molecule has 0 bridgehead atoms. The average Bonchev–Trinajstić information content (AvgIpc) is 3.25. The molecule has 2 amide bonds. The predicted molar refractivity (Wildman–Crippen MR) is 121 cm³/mol. The van der Waals surface area contributed by atoms with Crippen LogP contribution >= 0.6 is 0 Å². The first kappa shape index (κ1) is 21.8. The molecule has 2 atom stereocenters. The van der Waals surface area contributed by atoms with Crippen LogP contribution < -0.4 is 30.6 Å². The second-order valence-corrected chi connectivity index (χ2v) is 7.75. The fourth-order valence-corrected chi connectivity index (χ4v) is 4.07. The highest BCUT2D eigenvalue weighted by atomic mass is 16.5. The van der Waals surface area contributed by atoms with Gasteiger partial charge in [0.25, 0.3) is 0 Å². The Morgan fingerprint density at radius 2 is 1.81 bits per heavy atom. The van der Waals surface area contributed by atoms with Gasteiger partial charge in [-0.3, -0.25) is 4.98 Å². The number of carbonyl (C=O) groups is 1. The standard InChI is InChI=1S/C23H28N4O5/c1-29-19-10-13(11-20(30-2)22(19)31-3)18-12-17-21(32-18)16(8-9-25-17)27-23(28)26-15-7-5-4-6-14(15)24/h8-12,14-15H,4-7,24H2,1-3H3,(H2,25,26,27,28). The van der Waals surface area contributed by atoms with Gasteiger partial charge in [0.05, 0.1) is 27.0 Å². The predicted octanol–water partition coefficient (Wildman–Crippen LogP) is 3.91. The van der Waals surface area contributed by atoms with Gasteiger partial charge < -0.3 is 35.0 Å². The number of pyridine rings is 1. The molecule has 1 fully saturated rings. The first-order chi connectivity index (χ1) is 15.5. The van der Waals surface area contributed by atoms with Crippen LogP contribution in [-0.2, 0) is 0 Å². The second-order valence-electron chi connectivity index (χ2n) is 7.75. The quantitative estimate of drug-likeness (QED) is 0.531. The zero-order valence-corrected chi connectivity index (χ0v) is 18.4. The number of anilines is 1. The Kier molecular flexibility index (Phi) is 6.36. The summed E-state index contributed by atoms with van der Waals surface area (Å²) in [5.74, 6) is 2.07. The van der Waals surface area contributed by atoms with E-state index in [-0.39, 0.29) is 18.1 Å². The van der Waals surface area contributed by atoms with Crippen molar-refractivity contribution >= 4 is 22.8 Å². The summed E-state index contributed by atoms with van der Waals surface area (Å²) in [6.45, 7) is 0. The van der Waals surface area contributed by atoms with Gasteiger partial charge in [0.1, 0.15) is 11.3 Å². The van der Waals surface area contributed by atoms with Gasteiger partial charge >= 0.3 is 6.03 Å². The van der Waals surface area contributed by atoms with Gasteiger partial charge in [0.15, 0.2) is 17.1 Å². The van der Waals surface area contributed by atoms with E-state index in [1.807, 2.05) is 0 Å². The smallest absolute Gasteiger partial charge is 0.319 e. The highest BCUT2D eigenvalue weighted by Crippen LogP contribution is 2.42. The van der Waals surface area contributed by atoms with E-state index in [1.165, 1.54) is 0 Å². The second kappa shape index (κ2) is 9.35. The number of hydrogen-bond donors (Lipinski definition) is 3. The maximum Gasteiger partial charge on any atom is 0.319 e. The van der Waals surface area contributed by atoms with Gasteiger partial charge in [-0.1, -0.05) is 12.8 Å². The average molecular weight is 441 g/mol. The van der Waals surface area contributed by atoms with Gasteiger partial charge in [0.2, 0.25) is 5.75 Å².